The predicted molar refractivity (Wildman–Crippen MR) is 143 cm³/mol. The summed E-state index contributed by atoms with van der Waals surface area (Å²) >= 11 is 0. The lowest BCUT2D eigenvalue weighted by Crippen LogP contribution is -2.44. The molecule has 2 N–H and O–H groups in total. The molecule has 1 unspecified atom stereocenters. The van der Waals surface area contributed by atoms with Crippen LogP contribution in [0.5, 0.6) is 11.5 Å². The summed E-state index contributed by atoms with van der Waals surface area (Å²) in [6.07, 6.45) is 2.77. The van der Waals surface area contributed by atoms with Crippen molar-refractivity contribution in [3.05, 3.63) is 66.2 Å². The van der Waals surface area contributed by atoms with E-state index in [2.05, 4.69) is 42.9 Å². The van der Waals surface area contributed by atoms with Crippen LogP contribution in [0.4, 0.5) is 0 Å². The SMILES string of the molecule is CN=C(NCc1nncn1-c1ccccc1)NC1CCN(Cc2cc(OC)cc(OC)c2)C1.I. The largest absolute Gasteiger partial charge is 0.497 e. The first-order valence-electron chi connectivity index (χ1n) is 11.0. The maximum Gasteiger partial charge on any atom is 0.191 e. The van der Waals surface area contributed by atoms with Gasteiger partial charge in [0.05, 0.1) is 20.8 Å². The van der Waals surface area contributed by atoms with Gasteiger partial charge >= 0.3 is 0 Å². The number of hydrogen-bond donors (Lipinski definition) is 2. The molecule has 1 fully saturated rings. The second-order valence-corrected chi connectivity index (χ2v) is 7.96. The Morgan fingerprint density at radius 2 is 1.85 bits per heavy atom. The third-order valence-electron chi connectivity index (χ3n) is 5.72. The summed E-state index contributed by atoms with van der Waals surface area (Å²) in [5.74, 6) is 3.20. The minimum atomic E-state index is 0. The average molecular weight is 577 g/mol. The van der Waals surface area contributed by atoms with Gasteiger partial charge in [0.15, 0.2) is 11.8 Å². The van der Waals surface area contributed by atoms with Gasteiger partial charge in [0.1, 0.15) is 17.8 Å². The number of likely N-dealkylation sites (tertiary alicyclic amines) is 1. The number of ether oxygens (including phenoxy) is 2. The fraction of sp³-hybridized carbons (Fsp3) is 0.375. The Morgan fingerprint density at radius 3 is 2.53 bits per heavy atom. The lowest BCUT2D eigenvalue weighted by molar-refractivity contribution is 0.321. The molecule has 0 amide bonds. The van der Waals surface area contributed by atoms with Crippen LogP contribution in [0.1, 0.15) is 17.8 Å². The number of nitrogens with zero attached hydrogens (tertiary/aromatic N) is 5. The summed E-state index contributed by atoms with van der Waals surface area (Å²) in [4.78, 5) is 6.81. The van der Waals surface area contributed by atoms with Crippen LogP contribution in [-0.2, 0) is 13.1 Å². The quantitative estimate of drug-likeness (QED) is 0.242. The zero-order valence-corrected chi connectivity index (χ0v) is 22.1. The van der Waals surface area contributed by atoms with Crippen LogP contribution in [0.3, 0.4) is 0 Å². The molecule has 10 heteroatoms. The van der Waals surface area contributed by atoms with Crippen LogP contribution < -0.4 is 20.1 Å². The zero-order valence-electron chi connectivity index (χ0n) is 19.8. The van der Waals surface area contributed by atoms with E-state index < -0.39 is 0 Å². The summed E-state index contributed by atoms with van der Waals surface area (Å²) < 4.78 is 12.8. The normalized spacial score (nSPS) is 16.1. The van der Waals surface area contributed by atoms with E-state index in [9.17, 15) is 0 Å². The Labute approximate surface area is 217 Å². The van der Waals surface area contributed by atoms with Crippen LogP contribution in [-0.4, -0.2) is 66.0 Å². The molecule has 0 spiro atoms. The molecule has 4 rings (SSSR count). The van der Waals surface area contributed by atoms with Gasteiger partial charge in [-0.15, -0.1) is 34.2 Å². The lowest BCUT2D eigenvalue weighted by atomic mass is 10.2. The summed E-state index contributed by atoms with van der Waals surface area (Å²) in [5.41, 5.74) is 2.21. The number of aliphatic imine (C=N–C) groups is 1. The van der Waals surface area contributed by atoms with E-state index in [1.165, 1.54) is 5.56 Å². The fourth-order valence-corrected chi connectivity index (χ4v) is 4.04. The van der Waals surface area contributed by atoms with Gasteiger partial charge in [-0.2, -0.15) is 0 Å². The molecular formula is C24H32IN7O2. The van der Waals surface area contributed by atoms with Crippen LogP contribution >= 0.6 is 24.0 Å². The summed E-state index contributed by atoms with van der Waals surface area (Å²) in [7, 11) is 5.14. The Morgan fingerprint density at radius 1 is 1.12 bits per heavy atom. The van der Waals surface area contributed by atoms with E-state index in [1.807, 2.05) is 41.0 Å². The summed E-state index contributed by atoms with van der Waals surface area (Å²) in [6, 6.07) is 16.4. The average Bonchev–Trinajstić information content (AvgIpc) is 3.51. The highest BCUT2D eigenvalue weighted by molar-refractivity contribution is 14.0. The van der Waals surface area contributed by atoms with Gasteiger partial charge in [0.2, 0.25) is 0 Å². The van der Waals surface area contributed by atoms with E-state index in [-0.39, 0.29) is 24.0 Å². The van der Waals surface area contributed by atoms with E-state index >= 15 is 0 Å². The number of rotatable bonds is 8. The summed E-state index contributed by atoms with van der Waals surface area (Å²) in [6.45, 7) is 3.31. The highest BCUT2D eigenvalue weighted by Gasteiger charge is 2.23. The molecule has 9 nitrogen and oxygen atoms in total. The number of nitrogens with one attached hydrogen (secondary N) is 2. The molecule has 3 aromatic rings. The van der Waals surface area contributed by atoms with Gasteiger partial charge in [-0.3, -0.25) is 14.5 Å². The first-order chi connectivity index (χ1) is 16.2. The van der Waals surface area contributed by atoms with Gasteiger partial charge < -0.3 is 20.1 Å². The molecule has 1 saturated heterocycles. The topological polar surface area (TPSA) is 88.8 Å². The highest BCUT2D eigenvalue weighted by atomic mass is 127. The Kier molecular flexibility index (Phi) is 9.52. The smallest absolute Gasteiger partial charge is 0.191 e. The maximum atomic E-state index is 5.40. The molecule has 1 aromatic heterocycles. The molecular weight excluding hydrogens is 545 g/mol. The third kappa shape index (κ3) is 6.60. The number of para-hydroxylation sites is 1. The molecule has 1 aliphatic rings. The number of guanidine groups is 1. The van der Waals surface area contributed by atoms with Crippen molar-refractivity contribution < 1.29 is 9.47 Å². The Balaban J connectivity index is 0.00000324. The van der Waals surface area contributed by atoms with Crippen molar-refractivity contribution in [3.63, 3.8) is 0 Å². The van der Waals surface area contributed by atoms with Crippen molar-refractivity contribution in [2.75, 3.05) is 34.4 Å². The van der Waals surface area contributed by atoms with Crippen molar-refractivity contribution in [2.45, 2.75) is 25.6 Å². The van der Waals surface area contributed by atoms with Gasteiger partial charge in [-0.1, -0.05) is 18.2 Å². The number of halogens is 1. The van der Waals surface area contributed by atoms with Gasteiger partial charge in [0, 0.05) is 44.5 Å². The second kappa shape index (κ2) is 12.6. The molecule has 34 heavy (non-hydrogen) atoms. The van der Waals surface area contributed by atoms with Crippen LogP contribution in [0, 0.1) is 0 Å². The van der Waals surface area contributed by atoms with E-state index in [4.69, 9.17) is 9.47 Å². The van der Waals surface area contributed by atoms with Crippen LogP contribution in [0.25, 0.3) is 5.69 Å². The number of benzene rings is 2. The van der Waals surface area contributed by atoms with E-state index in [0.717, 1.165) is 55.0 Å². The van der Waals surface area contributed by atoms with E-state index in [1.54, 1.807) is 27.6 Å². The van der Waals surface area contributed by atoms with Crippen molar-refractivity contribution >= 4 is 29.9 Å². The molecule has 1 aliphatic heterocycles. The standard InChI is InChI=1S/C24H31N7O2.HI/c1-25-24(26-14-23-29-27-17-31(23)20-7-5-4-6-8-20)28-19-9-10-30(16-19)15-18-11-21(32-2)13-22(12-18)33-3;/h4-8,11-13,17,19H,9-10,14-16H2,1-3H3,(H2,25,26,28);1H. The monoisotopic (exact) mass is 577 g/mol. The fourth-order valence-electron chi connectivity index (χ4n) is 4.04. The van der Waals surface area contributed by atoms with Crippen molar-refractivity contribution in [1.29, 1.82) is 0 Å². The molecule has 1 atom stereocenters. The first kappa shape index (κ1) is 25.8. The lowest BCUT2D eigenvalue weighted by Gasteiger charge is -2.19. The van der Waals surface area contributed by atoms with Crippen molar-refractivity contribution in [3.8, 4) is 17.2 Å². The molecule has 0 saturated carbocycles. The highest BCUT2D eigenvalue weighted by Crippen LogP contribution is 2.24. The first-order valence-corrected chi connectivity index (χ1v) is 11.0. The van der Waals surface area contributed by atoms with E-state index in [0.29, 0.717) is 12.6 Å². The van der Waals surface area contributed by atoms with Crippen molar-refractivity contribution in [2.24, 2.45) is 4.99 Å². The number of methoxy groups -OCH3 is 2. The molecule has 182 valence electrons. The van der Waals surface area contributed by atoms with Crippen LogP contribution in [0.2, 0.25) is 0 Å². The minimum absolute atomic E-state index is 0. The van der Waals surface area contributed by atoms with Crippen molar-refractivity contribution in [1.82, 2.24) is 30.3 Å². The van der Waals surface area contributed by atoms with Gasteiger partial charge in [-0.05, 0) is 36.2 Å². The Bertz CT molecular complexity index is 1050. The molecule has 2 aromatic carbocycles. The van der Waals surface area contributed by atoms with Gasteiger partial charge in [-0.25, -0.2) is 0 Å². The molecule has 0 bridgehead atoms. The maximum absolute atomic E-state index is 5.40. The third-order valence-corrected chi connectivity index (χ3v) is 5.72. The molecule has 0 radical (unpaired) electrons. The number of aromatic nitrogens is 3. The minimum Gasteiger partial charge on any atom is -0.497 e. The van der Waals surface area contributed by atoms with Crippen LogP contribution in [0.15, 0.2) is 59.9 Å². The second-order valence-electron chi connectivity index (χ2n) is 7.96. The number of hydrogen-bond acceptors (Lipinski definition) is 6. The Hall–Kier alpha value is -2.86. The van der Waals surface area contributed by atoms with Gasteiger partial charge in [0.25, 0.3) is 0 Å². The summed E-state index contributed by atoms with van der Waals surface area (Å²) in [5, 5.41) is 15.2. The predicted octanol–water partition coefficient (Wildman–Crippen LogP) is 2.84. The molecule has 0 aliphatic carbocycles. The molecule has 2 heterocycles. The zero-order chi connectivity index (χ0) is 23.0.